The summed E-state index contributed by atoms with van der Waals surface area (Å²) >= 11 is 6.76. The van der Waals surface area contributed by atoms with Gasteiger partial charge in [0.25, 0.3) is 0 Å². The Morgan fingerprint density at radius 2 is 2.15 bits per heavy atom. The lowest BCUT2D eigenvalue weighted by atomic mass is 10.2. The van der Waals surface area contributed by atoms with Gasteiger partial charge in [-0.25, -0.2) is 0 Å². The molecule has 0 aliphatic heterocycles. The van der Waals surface area contributed by atoms with Crippen molar-refractivity contribution in [2.45, 2.75) is 18.2 Å². The van der Waals surface area contributed by atoms with Gasteiger partial charge in [-0.2, -0.15) is 0 Å². The van der Waals surface area contributed by atoms with Crippen molar-refractivity contribution in [2.75, 3.05) is 5.75 Å². The van der Waals surface area contributed by atoms with Crippen molar-refractivity contribution in [1.29, 1.82) is 0 Å². The molecular formula is C10H11ClOS. The molecule has 13 heavy (non-hydrogen) atoms. The van der Waals surface area contributed by atoms with Gasteiger partial charge in [0.2, 0.25) is 5.24 Å². The molecule has 0 saturated carbocycles. The predicted octanol–water partition coefficient (Wildman–Crippen LogP) is 3.11. The second-order valence-corrected chi connectivity index (χ2v) is 4.04. The van der Waals surface area contributed by atoms with E-state index in [2.05, 4.69) is 13.0 Å². The Balaban J connectivity index is 2.69. The number of aryl methyl sites for hydroxylation is 1. The van der Waals surface area contributed by atoms with E-state index < -0.39 is 0 Å². The van der Waals surface area contributed by atoms with Crippen LogP contribution in [0, 0.1) is 0 Å². The molecule has 0 heterocycles. The smallest absolute Gasteiger partial charge is 0.231 e. The van der Waals surface area contributed by atoms with E-state index in [0.717, 1.165) is 11.3 Å². The second kappa shape index (κ2) is 5.30. The van der Waals surface area contributed by atoms with Crippen LogP contribution in [0.3, 0.4) is 0 Å². The molecule has 0 unspecified atom stereocenters. The highest BCUT2D eigenvalue weighted by Gasteiger charge is 2.02. The molecule has 1 aromatic rings. The molecule has 70 valence electrons. The minimum atomic E-state index is -0.295. The number of rotatable bonds is 4. The number of benzene rings is 1. The van der Waals surface area contributed by atoms with E-state index >= 15 is 0 Å². The summed E-state index contributed by atoms with van der Waals surface area (Å²) in [5, 5.41) is -0.295. The molecule has 0 fully saturated rings. The van der Waals surface area contributed by atoms with Crippen molar-refractivity contribution >= 4 is 28.6 Å². The molecule has 0 radical (unpaired) electrons. The molecule has 0 bridgehead atoms. The summed E-state index contributed by atoms with van der Waals surface area (Å²) in [6.45, 7) is 2.10. The Labute approximate surface area is 87.5 Å². The van der Waals surface area contributed by atoms with Crippen molar-refractivity contribution in [3.63, 3.8) is 0 Å². The molecule has 0 amide bonds. The van der Waals surface area contributed by atoms with E-state index in [0.29, 0.717) is 5.75 Å². The Morgan fingerprint density at radius 3 is 2.77 bits per heavy atom. The van der Waals surface area contributed by atoms with E-state index in [1.54, 1.807) is 0 Å². The summed E-state index contributed by atoms with van der Waals surface area (Å²) in [5.41, 5.74) is 1.27. The van der Waals surface area contributed by atoms with E-state index in [4.69, 9.17) is 11.6 Å². The van der Waals surface area contributed by atoms with Crippen LogP contribution in [-0.2, 0) is 11.2 Å². The third-order valence-corrected chi connectivity index (χ3v) is 3.10. The molecule has 1 aromatic carbocycles. The molecule has 0 spiro atoms. The van der Waals surface area contributed by atoms with Crippen molar-refractivity contribution in [3.8, 4) is 0 Å². The molecule has 0 aromatic heterocycles. The summed E-state index contributed by atoms with van der Waals surface area (Å²) in [5.74, 6) is 0.346. The molecule has 1 rings (SSSR count). The average Bonchev–Trinajstić information content (AvgIpc) is 2.15. The van der Waals surface area contributed by atoms with Gasteiger partial charge >= 0.3 is 0 Å². The highest BCUT2D eigenvalue weighted by atomic mass is 35.5. The van der Waals surface area contributed by atoms with E-state index in [9.17, 15) is 4.79 Å². The van der Waals surface area contributed by atoms with Gasteiger partial charge in [-0.15, -0.1) is 11.8 Å². The maximum Gasteiger partial charge on any atom is 0.231 e. The topological polar surface area (TPSA) is 17.1 Å². The van der Waals surface area contributed by atoms with Crippen molar-refractivity contribution in [2.24, 2.45) is 0 Å². The van der Waals surface area contributed by atoms with Crippen LogP contribution in [0.5, 0.6) is 0 Å². The average molecular weight is 215 g/mol. The lowest BCUT2D eigenvalue weighted by Crippen LogP contribution is -1.91. The number of thioether (sulfide) groups is 1. The third-order valence-electron chi connectivity index (χ3n) is 1.69. The van der Waals surface area contributed by atoms with Crippen molar-refractivity contribution in [1.82, 2.24) is 0 Å². The number of carbonyl (C=O) groups is 1. The highest BCUT2D eigenvalue weighted by molar-refractivity contribution is 8.00. The van der Waals surface area contributed by atoms with Crippen LogP contribution in [0.2, 0.25) is 0 Å². The fourth-order valence-electron chi connectivity index (χ4n) is 1.07. The highest BCUT2D eigenvalue weighted by Crippen LogP contribution is 2.23. The summed E-state index contributed by atoms with van der Waals surface area (Å²) in [7, 11) is 0. The minimum Gasteiger partial charge on any atom is -0.280 e. The van der Waals surface area contributed by atoms with Gasteiger partial charge in [-0.3, -0.25) is 4.79 Å². The fraction of sp³-hybridized carbons (Fsp3) is 0.300. The number of hydrogen-bond acceptors (Lipinski definition) is 2. The van der Waals surface area contributed by atoms with Gasteiger partial charge in [-0.05, 0) is 29.7 Å². The molecular weight excluding hydrogens is 204 g/mol. The van der Waals surface area contributed by atoms with Crippen molar-refractivity contribution < 1.29 is 4.79 Å². The van der Waals surface area contributed by atoms with Crippen LogP contribution in [0.1, 0.15) is 12.5 Å². The van der Waals surface area contributed by atoms with Crippen LogP contribution in [-0.4, -0.2) is 11.0 Å². The Bertz CT molecular complexity index is 299. The first-order chi connectivity index (χ1) is 6.24. The third kappa shape index (κ3) is 3.41. The first kappa shape index (κ1) is 10.6. The second-order valence-electron chi connectivity index (χ2n) is 2.61. The van der Waals surface area contributed by atoms with Gasteiger partial charge in [0.1, 0.15) is 0 Å². The van der Waals surface area contributed by atoms with Crippen LogP contribution >= 0.6 is 23.4 Å². The molecule has 0 aliphatic carbocycles. The lowest BCUT2D eigenvalue weighted by Gasteiger charge is -2.04. The Kier molecular flexibility index (Phi) is 4.33. The van der Waals surface area contributed by atoms with E-state index in [1.807, 2.05) is 18.2 Å². The normalized spacial score (nSPS) is 10.0. The standard InChI is InChI=1S/C10H11ClOS/c1-2-8-5-3-4-6-9(8)13-7-10(11)12/h3-6H,2,7H2,1H3. The summed E-state index contributed by atoms with van der Waals surface area (Å²) < 4.78 is 0. The summed E-state index contributed by atoms with van der Waals surface area (Å²) in [6, 6.07) is 8.07. The number of halogens is 1. The first-order valence-electron chi connectivity index (χ1n) is 4.13. The molecule has 0 atom stereocenters. The van der Waals surface area contributed by atoms with Gasteiger partial charge in [0.05, 0.1) is 5.75 Å². The lowest BCUT2D eigenvalue weighted by molar-refractivity contribution is -0.109. The largest absolute Gasteiger partial charge is 0.280 e. The zero-order valence-electron chi connectivity index (χ0n) is 7.42. The first-order valence-corrected chi connectivity index (χ1v) is 5.49. The summed E-state index contributed by atoms with van der Waals surface area (Å²) in [4.78, 5) is 11.7. The molecule has 0 aliphatic rings. The van der Waals surface area contributed by atoms with Crippen molar-refractivity contribution in [3.05, 3.63) is 29.8 Å². The zero-order valence-corrected chi connectivity index (χ0v) is 8.99. The Morgan fingerprint density at radius 1 is 1.46 bits per heavy atom. The maximum absolute atomic E-state index is 10.6. The molecule has 0 N–H and O–H groups in total. The van der Waals surface area contributed by atoms with E-state index in [-0.39, 0.29) is 5.24 Å². The predicted molar refractivity (Wildman–Crippen MR) is 57.4 cm³/mol. The van der Waals surface area contributed by atoms with Crippen LogP contribution in [0.25, 0.3) is 0 Å². The Hall–Kier alpha value is -0.470. The van der Waals surface area contributed by atoms with Gasteiger partial charge in [0, 0.05) is 4.90 Å². The molecule has 3 heteroatoms. The number of carbonyl (C=O) groups excluding carboxylic acids is 1. The minimum absolute atomic E-state index is 0.295. The SMILES string of the molecule is CCc1ccccc1SCC(=O)Cl. The van der Waals surface area contributed by atoms with E-state index in [1.165, 1.54) is 17.3 Å². The molecule has 0 saturated heterocycles. The van der Waals surface area contributed by atoms with Gasteiger partial charge < -0.3 is 0 Å². The van der Waals surface area contributed by atoms with Gasteiger partial charge in [-0.1, -0.05) is 25.1 Å². The van der Waals surface area contributed by atoms with Gasteiger partial charge in [0.15, 0.2) is 0 Å². The number of hydrogen-bond donors (Lipinski definition) is 0. The zero-order chi connectivity index (χ0) is 9.68. The molecule has 1 nitrogen and oxygen atoms in total. The maximum atomic E-state index is 10.6. The monoisotopic (exact) mass is 214 g/mol. The quantitative estimate of drug-likeness (QED) is 0.566. The van der Waals surface area contributed by atoms with Crippen LogP contribution in [0.15, 0.2) is 29.2 Å². The summed E-state index contributed by atoms with van der Waals surface area (Å²) in [6.07, 6.45) is 0.986. The van der Waals surface area contributed by atoms with Crippen LogP contribution in [0.4, 0.5) is 0 Å². The van der Waals surface area contributed by atoms with Crippen LogP contribution < -0.4 is 0 Å². The fourth-order valence-corrected chi connectivity index (χ4v) is 2.08.